The number of nitrogens with zero attached hydrogens (tertiary/aromatic N) is 4. The Bertz CT molecular complexity index is 2880. The first-order valence-corrected chi connectivity index (χ1v) is 18.7. The fraction of sp³-hybridized carbons (Fsp3) is 0.190. The van der Waals surface area contributed by atoms with E-state index in [4.69, 9.17) is 27.8 Å². The number of aromatic nitrogens is 4. The molecular weight excluding hydrogens is 812 g/mol. The van der Waals surface area contributed by atoms with Gasteiger partial charge in [-0.1, -0.05) is 18.2 Å². The Morgan fingerprint density at radius 2 is 1.52 bits per heavy atom. The Morgan fingerprint density at radius 3 is 2.15 bits per heavy atom. The van der Waals surface area contributed by atoms with Crippen LogP contribution >= 0.6 is 0 Å². The van der Waals surface area contributed by atoms with E-state index in [-0.39, 0.29) is 70.7 Å². The highest BCUT2D eigenvalue weighted by atomic mass is 16.5. The molecule has 20 heteroatoms. The minimum Gasteiger partial charge on any atom is -0.504 e. The van der Waals surface area contributed by atoms with Crippen LogP contribution in [0.25, 0.3) is 27.9 Å². The molecule has 2 unspecified atom stereocenters. The summed E-state index contributed by atoms with van der Waals surface area (Å²) >= 11 is 0. The van der Waals surface area contributed by atoms with Crippen molar-refractivity contribution >= 4 is 45.6 Å². The minimum atomic E-state index is -1.41. The molecule has 7 rings (SSSR count). The lowest BCUT2D eigenvalue weighted by molar-refractivity contribution is -0.122. The van der Waals surface area contributed by atoms with Gasteiger partial charge < -0.3 is 53.7 Å². The van der Waals surface area contributed by atoms with Crippen LogP contribution in [0.1, 0.15) is 26.7 Å². The Kier molecular flexibility index (Phi) is 12.7. The predicted octanol–water partition coefficient (Wildman–Crippen LogP) is 3.10. The summed E-state index contributed by atoms with van der Waals surface area (Å²) in [5.74, 6) is -3.26. The first kappa shape index (κ1) is 41.9. The quantitative estimate of drug-likeness (QED) is 0.0776. The van der Waals surface area contributed by atoms with Gasteiger partial charge in [0, 0.05) is 37.3 Å². The van der Waals surface area contributed by atoms with E-state index < -0.39 is 59.0 Å². The van der Waals surface area contributed by atoms with Crippen LogP contribution in [0.4, 0.5) is 5.82 Å². The van der Waals surface area contributed by atoms with Crippen LogP contribution in [0, 0.1) is 0 Å². The summed E-state index contributed by atoms with van der Waals surface area (Å²) in [5.41, 5.74) is -0.665. The topological polar surface area (TPSA) is 277 Å². The van der Waals surface area contributed by atoms with E-state index in [1.54, 1.807) is 29.1 Å². The Hall–Kier alpha value is -8.26. The van der Waals surface area contributed by atoms with Crippen LogP contribution < -0.4 is 35.7 Å². The number of carbonyl (C=O) groups excluding carboxylic acids is 2. The molecule has 0 aliphatic rings. The number of rotatable bonds is 18. The Morgan fingerprint density at radius 1 is 0.839 bits per heavy atom. The maximum absolute atomic E-state index is 13.5. The molecule has 0 saturated carbocycles. The van der Waals surface area contributed by atoms with E-state index >= 15 is 0 Å². The number of benzene rings is 3. The highest BCUT2D eigenvalue weighted by molar-refractivity contribution is 5.92. The standard InChI is InChI=1S/C42H36N6O14/c1-57-29-9-8-23(16-26(29)50)10-12-44-39(53)25(46-36-11-13-45-42(47-36)48-15-14-43-22-48)21-60-41(56)35-18-28(52)38-31(5-3-7-33(38)62-35)59-20-24(49)19-58-30-4-2-6-32-37(30)27(51)17-34(61-32)40(54)55/h2-9,11,13-18,22,24-25,49-50H,10,12,19-21H2,1H3,(H,44,53)(H,54,55)(H,45,46,47). The van der Waals surface area contributed by atoms with E-state index in [2.05, 4.69) is 25.6 Å². The molecule has 3 aromatic carbocycles. The fourth-order valence-corrected chi connectivity index (χ4v) is 6.09. The number of carbonyl (C=O) groups is 3. The first-order valence-electron chi connectivity index (χ1n) is 18.7. The summed E-state index contributed by atoms with van der Waals surface area (Å²) in [7, 11) is 1.43. The SMILES string of the molecule is COc1ccc(CCNC(=O)C(COC(=O)c2cc(=O)c3c(OCC(O)COc4cccc5oc(C(=O)O)cc(=O)c45)cccc3o2)Nc2ccnc(-n3ccnc3)n2)cc1O. The number of phenolic OH excluding ortho intramolecular Hbond substituents is 1. The molecule has 318 valence electrons. The maximum atomic E-state index is 13.5. The average molecular weight is 849 g/mol. The summed E-state index contributed by atoms with van der Waals surface area (Å²) in [4.78, 5) is 76.7. The summed E-state index contributed by atoms with van der Waals surface area (Å²) in [6.07, 6.45) is 5.20. The third-order valence-corrected chi connectivity index (χ3v) is 9.06. The van der Waals surface area contributed by atoms with E-state index in [0.717, 1.165) is 17.7 Å². The molecule has 0 bridgehead atoms. The van der Waals surface area contributed by atoms with E-state index in [0.29, 0.717) is 12.2 Å². The van der Waals surface area contributed by atoms with Crippen molar-refractivity contribution in [2.75, 3.05) is 38.8 Å². The van der Waals surface area contributed by atoms with Crippen molar-refractivity contribution in [3.05, 3.63) is 135 Å². The van der Waals surface area contributed by atoms with E-state index in [1.807, 2.05) is 0 Å². The zero-order valence-corrected chi connectivity index (χ0v) is 32.5. The summed E-state index contributed by atoms with van der Waals surface area (Å²) in [6, 6.07) is 15.6. The van der Waals surface area contributed by atoms with Crippen molar-refractivity contribution in [2.45, 2.75) is 18.6 Å². The number of aromatic carboxylic acids is 1. The number of aromatic hydroxyl groups is 1. The van der Waals surface area contributed by atoms with Crippen LogP contribution in [0.5, 0.6) is 23.0 Å². The number of methoxy groups -OCH3 is 1. The molecule has 0 saturated heterocycles. The van der Waals surface area contributed by atoms with Gasteiger partial charge in [-0.3, -0.25) is 19.0 Å². The highest BCUT2D eigenvalue weighted by Crippen LogP contribution is 2.27. The number of amides is 1. The molecule has 0 aliphatic carbocycles. The summed E-state index contributed by atoms with van der Waals surface area (Å²) < 4.78 is 34.5. The number of carboxylic acids is 1. The van der Waals surface area contributed by atoms with Gasteiger partial charge in [-0.2, -0.15) is 4.98 Å². The molecule has 62 heavy (non-hydrogen) atoms. The molecule has 4 heterocycles. The minimum absolute atomic E-state index is 0.0177. The van der Waals surface area contributed by atoms with Gasteiger partial charge in [-0.05, 0) is 54.4 Å². The second kappa shape index (κ2) is 18.8. The van der Waals surface area contributed by atoms with Gasteiger partial charge in [0.2, 0.25) is 23.4 Å². The van der Waals surface area contributed by atoms with Crippen molar-refractivity contribution < 1.29 is 57.5 Å². The van der Waals surface area contributed by atoms with Gasteiger partial charge in [0.15, 0.2) is 22.4 Å². The zero-order valence-electron chi connectivity index (χ0n) is 32.5. The third kappa shape index (κ3) is 9.77. The largest absolute Gasteiger partial charge is 0.504 e. The number of carboxylic acid groups (broad SMARTS) is 1. The number of nitrogens with one attached hydrogen (secondary N) is 2. The number of fused-ring (bicyclic) bond motifs is 2. The number of imidazole rings is 1. The number of hydrogen-bond acceptors (Lipinski definition) is 17. The van der Waals surface area contributed by atoms with Crippen LogP contribution in [-0.2, 0) is 16.0 Å². The lowest BCUT2D eigenvalue weighted by Gasteiger charge is -2.19. The molecule has 5 N–H and O–H groups in total. The van der Waals surface area contributed by atoms with Crippen molar-refractivity contribution in [2.24, 2.45) is 0 Å². The second-order valence-corrected chi connectivity index (χ2v) is 13.3. The van der Waals surface area contributed by atoms with E-state index in [1.165, 1.54) is 68.2 Å². The Balaban J connectivity index is 1.01. The van der Waals surface area contributed by atoms with Gasteiger partial charge in [0.25, 0.3) is 0 Å². The lowest BCUT2D eigenvalue weighted by atomic mass is 10.1. The number of hydrogen-bond donors (Lipinski definition) is 5. The van der Waals surface area contributed by atoms with Crippen molar-refractivity contribution in [3.8, 4) is 28.9 Å². The number of anilines is 1. The number of aliphatic hydroxyl groups is 1. The predicted molar refractivity (Wildman–Crippen MR) is 217 cm³/mol. The van der Waals surface area contributed by atoms with Crippen molar-refractivity contribution in [1.82, 2.24) is 24.8 Å². The number of phenols is 1. The van der Waals surface area contributed by atoms with Crippen molar-refractivity contribution in [1.29, 1.82) is 0 Å². The average Bonchev–Trinajstić information content (AvgIpc) is 3.82. The summed E-state index contributed by atoms with van der Waals surface area (Å²) in [6.45, 7) is -1.12. The van der Waals surface area contributed by atoms with E-state index in [9.17, 15) is 39.3 Å². The normalized spacial score (nSPS) is 12.0. The smallest absolute Gasteiger partial charge is 0.374 e. The van der Waals surface area contributed by atoms with Gasteiger partial charge in [-0.25, -0.2) is 19.6 Å². The first-order chi connectivity index (χ1) is 30.0. The van der Waals surface area contributed by atoms with Gasteiger partial charge in [0.1, 0.15) is 77.5 Å². The molecule has 20 nitrogen and oxygen atoms in total. The van der Waals surface area contributed by atoms with Crippen LogP contribution in [0.3, 0.4) is 0 Å². The van der Waals surface area contributed by atoms with Crippen LogP contribution in [0.2, 0.25) is 0 Å². The summed E-state index contributed by atoms with van der Waals surface area (Å²) in [5, 5.41) is 35.7. The van der Waals surface area contributed by atoms with Crippen LogP contribution in [-0.4, -0.2) is 98.3 Å². The molecule has 0 fully saturated rings. The number of aliphatic hydroxyl groups excluding tert-OH is 1. The van der Waals surface area contributed by atoms with Crippen molar-refractivity contribution in [3.63, 3.8) is 0 Å². The molecule has 4 aromatic heterocycles. The molecule has 7 aromatic rings. The molecule has 2 atom stereocenters. The molecular formula is C42H36N6O14. The molecule has 0 radical (unpaired) electrons. The molecule has 0 aliphatic heterocycles. The zero-order chi connectivity index (χ0) is 43.8. The molecule has 1 amide bonds. The Labute approximate surface area is 348 Å². The van der Waals surface area contributed by atoms with Gasteiger partial charge in [-0.15, -0.1) is 0 Å². The number of esters is 1. The third-order valence-electron chi connectivity index (χ3n) is 9.06. The van der Waals surface area contributed by atoms with Gasteiger partial charge in [0.05, 0.1) is 7.11 Å². The van der Waals surface area contributed by atoms with Crippen LogP contribution in [0.15, 0.2) is 116 Å². The lowest BCUT2D eigenvalue weighted by Crippen LogP contribution is -2.44. The highest BCUT2D eigenvalue weighted by Gasteiger charge is 2.24. The molecule has 0 spiro atoms. The van der Waals surface area contributed by atoms with Gasteiger partial charge >= 0.3 is 11.9 Å². The number of ether oxygens (including phenoxy) is 4. The monoisotopic (exact) mass is 848 g/mol. The second-order valence-electron chi connectivity index (χ2n) is 13.3. The maximum Gasteiger partial charge on any atom is 0.374 e. The fourth-order valence-electron chi connectivity index (χ4n) is 6.09.